The molecule has 13 nitrogen and oxygen atoms in total. The number of benzene rings is 1. The van der Waals surface area contributed by atoms with Gasteiger partial charge in [-0.25, -0.2) is 9.48 Å². The van der Waals surface area contributed by atoms with Crippen LogP contribution in [0.4, 0.5) is 0 Å². The molecule has 0 bridgehead atoms. The third-order valence-corrected chi connectivity index (χ3v) is 7.22. The van der Waals surface area contributed by atoms with Crippen molar-refractivity contribution in [2.75, 3.05) is 18.1 Å². The van der Waals surface area contributed by atoms with Crippen LogP contribution in [0.3, 0.4) is 0 Å². The predicted molar refractivity (Wildman–Crippen MR) is 118 cm³/mol. The van der Waals surface area contributed by atoms with E-state index in [1.807, 2.05) is 6.07 Å². The fraction of sp³-hybridized carbons (Fsp3) is 0.316. The van der Waals surface area contributed by atoms with Gasteiger partial charge in [0.25, 0.3) is 11.8 Å². The lowest BCUT2D eigenvalue weighted by molar-refractivity contribution is -0.150. The average molecular weight is 507 g/mol. The summed E-state index contributed by atoms with van der Waals surface area (Å²) < 4.78 is 6.47. The van der Waals surface area contributed by atoms with Crippen LogP contribution in [0.25, 0.3) is 0 Å². The maximum atomic E-state index is 12.7. The summed E-state index contributed by atoms with van der Waals surface area (Å²) in [5, 5.41) is 31.7. The molecule has 2 aromatic rings. The van der Waals surface area contributed by atoms with Gasteiger partial charge in [-0.15, -0.1) is 16.9 Å². The Labute approximate surface area is 200 Å². The second kappa shape index (κ2) is 10.1. The van der Waals surface area contributed by atoms with Crippen molar-refractivity contribution >= 4 is 47.3 Å². The largest absolute Gasteiger partial charge is 0.484 e. The Bertz CT molecular complexity index is 1160. The summed E-state index contributed by atoms with van der Waals surface area (Å²) in [7, 11) is 0. The third-order valence-electron chi connectivity index (χ3n) is 4.84. The Morgan fingerprint density at radius 1 is 1.24 bits per heavy atom. The number of aliphatic carboxylic acids is 2. The molecule has 2 aliphatic rings. The van der Waals surface area contributed by atoms with Gasteiger partial charge in [0.15, 0.2) is 6.61 Å². The monoisotopic (exact) mass is 506 g/mol. The third kappa shape index (κ3) is 4.99. The van der Waals surface area contributed by atoms with Crippen LogP contribution in [0.2, 0.25) is 0 Å². The van der Waals surface area contributed by atoms with Crippen molar-refractivity contribution in [3.63, 3.8) is 0 Å². The summed E-state index contributed by atoms with van der Waals surface area (Å²) in [4.78, 5) is 49.0. The van der Waals surface area contributed by atoms with Gasteiger partial charge in [-0.3, -0.25) is 19.3 Å². The standard InChI is InChI=1S/C19H18N6O7S2/c26-12(7-32-11-4-2-1-3-5-11)20-14-16(29)25-15(18(30)31)10(8-33-17(14)25)9-34-19-21-22-23-24(19)6-13(27)28/h1-5,14,17H,6-9H2,(H,20,26)(H,27,28)(H,30,31)/t14?,17-/m1/s1. The van der Waals surface area contributed by atoms with Crippen molar-refractivity contribution in [2.45, 2.75) is 23.1 Å². The van der Waals surface area contributed by atoms with E-state index < -0.39 is 41.7 Å². The van der Waals surface area contributed by atoms with E-state index in [9.17, 15) is 24.3 Å². The Balaban J connectivity index is 1.39. The van der Waals surface area contributed by atoms with Crippen molar-refractivity contribution in [3.05, 3.63) is 41.6 Å². The first kappa shape index (κ1) is 23.6. The van der Waals surface area contributed by atoms with Crippen LogP contribution in [0.15, 0.2) is 46.8 Å². The quantitative estimate of drug-likeness (QED) is 0.283. The molecule has 2 amide bonds. The molecule has 1 aromatic carbocycles. The van der Waals surface area contributed by atoms with E-state index in [1.54, 1.807) is 24.3 Å². The summed E-state index contributed by atoms with van der Waals surface area (Å²) in [5.41, 5.74) is 0.318. The molecular formula is C19H18N6O7S2. The molecule has 1 fully saturated rings. The van der Waals surface area contributed by atoms with Gasteiger partial charge in [-0.2, -0.15) is 0 Å². The number of aromatic nitrogens is 4. The predicted octanol–water partition coefficient (Wildman–Crippen LogP) is -0.333. The van der Waals surface area contributed by atoms with Crippen molar-refractivity contribution in [3.8, 4) is 5.75 Å². The molecule has 34 heavy (non-hydrogen) atoms. The first-order chi connectivity index (χ1) is 16.3. The lowest BCUT2D eigenvalue weighted by Gasteiger charge is -2.49. The number of hydrogen-bond donors (Lipinski definition) is 3. The number of ether oxygens (including phenoxy) is 1. The van der Waals surface area contributed by atoms with Gasteiger partial charge < -0.3 is 20.3 Å². The lowest BCUT2D eigenvalue weighted by Crippen LogP contribution is -2.70. The summed E-state index contributed by atoms with van der Waals surface area (Å²) in [5.74, 6) is -2.45. The number of carboxylic acids is 2. The smallest absolute Gasteiger partial charge is 0.352 e. The number of thioether (sulfide) groups is 2. The molecule has 1 saturated heterocycles. The molecule has 3 heterocycles. The second-order valence-electron chi connectivity index (χ2n) is 7.12. The minimum atomic E-state index is -1.27. The molecule has 2 atom stereocenters. The van der Waals surface area contributed by atoms with Gasteiger partial charge in [0, 0.05) is 11.5 Å². The van der Waals surface area contributed by atoms with Gasteiger partial charge in [0.1, 0.15) is 29.4 Å². The maximum absolute atomic E-state index is 12.7. The van der Waals surface area contributed by atoms with Gasteiger partial charge in [-0.05, 0) is 28.1 Å². The summed E-state index contributed by atoms with van der Waals surface area (Å²) in [6.45, 7) is -0.712. The number of carboxylic acid groups (broad SMARTS) is 2. The SMILES string of the molecule is O=C(O)Cn1nnnc1SCC1=C(C(=O)O)N2C(=O)C(NC(=O)COc3ccccc3)[C@H]2SC1. The van der Waals surface area contributed by atoms with Gasteiger partial charge >= 0.3 is 11.9 Å². The van der Waals surface area contributed by atoms with Crippen molar-refractivity contribution in [2.24, 2.45) is 0 Å². The molecular weight excluding hydrogens is 488 g/mol. The van der Waals surface area contributed by atoms with Crippen LogP contribution in [-0.2, 0) is 25.7 Å². The number of amides is 2. The highest BCUT2D eigenvalue weighted by Gasteiger charge is 2.54. The molecule has 0 radical (unpaired) electrons. The molecule has 4 rings (SSSR count). The Kier molecular flexibility index (Phi) is 7.02. The number of para-hydroxylation sites is 1. The van der Waals surface area contributed by atoms with Crippen LogP contribution in [0.5, 0.6) is 5.75 Å². The zero-order valence-electron chi connectivity index (χ0n) is 17.4. The van der Waals surface area contributed by atoms with E-state index in [0.717, 1.165) is 21.3 Å². The molecule has 1 unspecified atom stereocenters. The van der Waals surface area contributed by atoms with E-state index in [2.05, 4.69) is 20.8 Å². The Morgan fingerprint density at radius 3 is 2.71 bits per heavy atom. The number of rotatable bonds is 10. The molecule has 178 valence electrons. The fourth-order valence-corrected chi connectivity index (χ4v) is 5.72. The van der Waals surface area contributed by atoms with Crippen molar-refractivity contribution in [1.29, 1.82) is 0 Å². The normalized spacial score (nSPS) is 19.3. The van der Waals surface area contributed by atoms with E-state index in [1.165, 1.54) is 11.8 Å². The van der Waals surface area contributed by atoms with Crippen LogP contribution in [0, 0.1) is 0 Å². The Morgan fingerprint density at radius 2 is 2.00 bits per heavy atom. The summed E-state index contributed by atoms with van der Waals surface area (Å²) >= 11 is 2.40. The highest BCUT2D eigenvalue weighted by Crippen LogP contribution is 2.41. The van der Waals surface area contributed by atoms with E-state index in [4.69, 9.17) is 9.84 Å². The van der Waals surface area contributed by atoms with E-state index >= 15 is 0 Å². The number of carbonyl (C=O) groups is 4. The highest BCUT2D eigenvalue weighted by atomic mass is 32.2. The highest BCUT2D eigenvalue weighted by molar-refractivity contribution is 8.01. The number of β-lactam (4-membered cyclic amide) rings is 1. The zero-order chi connectivity index (χ0) is 24.2. The Hall–Kier alpha value is -3.59. The number of nitrogens with one attached hydrogen (secondary N) is 1. The first-order valence-electron chi connectivity index (χ1n) is 9.83. The van der Waals surface area contributed by atoms with Gasteiger partial charge in [0.05, 0.1) is 0 Å². The number of nitrogens with zero attached hydrogens (tertiary/aromatic N) is 5. The molecule has 15 heteroatoms. The van der Waals surface area contributed by atoms with Gasteiger partial charge in [-0.1, -0.05) is 30.0 Å². The number of tetrazole rings is 1. The summed E-state index contributed by atoms with van der Waals surface area (Å²) in [6.07, 6.45) is 0. The molecule has 3 N–H and O–H groups in total. The molecule has 0 saturated carbocycles. The second-order valence-corrected chi connectivity index (χ2v) is 9.16. The first-order valence-corrected chi connectivity index (χ1v) is 11.9. The van der Waals surface area contributed by atoms with Crippen molar-refractivity contribution < 1.29 is 34.1 Å². The molecule has 1 aromatic heterocycles. The van der Waals surface area contributed by atoms with Crippen LogP contribution < -0.4 is 10.1 Å². The minimum absolute atomic E-state index is 0.146. The van der Waals surface area contributed by atoms with E-state index in [-0.39, 0.29) is 23.2 Å². The van der Waals surface area contributed by atoms with Crippen molar-refractivity contribution in [1.82, 2.24) is 30.4 Å². The number of hydrogen-bond acceptors (Lipinski definition) is 10. The van der Waals surface area contributed by atoms with E-state index in [0.29, 0.717) is 17.1 Å². The zero-order valence-corrected chi connectivity index (χ0v) is 19.0. The number of fused-ring (bicyclic) bond motifs is 1. The molecule has 0 spiro atoms. The molecule has 2 aliphatic heterocycles. The lowest BCUT2D eigenvalue weighted by atomic mass is 10.0. The minimum Gasteiger partial charge on any atom is -0.484 e. The number of carbonyl (C=O) groups excluding carboxylic acids is 2. The fourth-order valence-electron chi connectivity index (χ4n) is 3.35. The average Bonchev–Trinajstić information content (AvgIpc) is 3.25. The van der Waals surface area contributed by atoms with Crippen LogP contribution in [-0.4, -0.2) is 88.6 Å². The van der Waals surface area contributed by atoms with Crippen LogP contribution in [0.1, 0.15) is 0 Å². The van der Waals surface area contributed by atoms with Gasteiger partial charge in [0.2, 0.25) is 5.16 Å². The van der Waals surface area contributed by atoms with Crippen LogP contribution >= 0.6 is 23.5 Å². The maximum Gasteiger partial charge on any atom is 0.352 e. The molecule has 0 aliphatic carbocycles. The summed E-state index contributed by atoms with van der Waals surface area (Å²) in [6, 6.07) is 7.88. The topological polar surface area (TPSA) is 177 Å².